The van der Waals surface area contributed by atoms with Crippen LogP contribution in [0, 0.1) is 39.0 Å². The molecule has 0 aliphatic heterocycles. The van der Waals surface area contributed by atoms with Gasteiger partial charge in [0.15, 0.2) is 5.76 Å². The highest BCUT2D eigenvalue weighted by Crippen LogP contribution is 2.33. The highest BCUT2D eigenvalue weighted by Gasteiger charge is 2.29. The van der Waals surface area contributed by atoms with E-state index in [4.69, 9.17) is 8.83 Å². The summed E-state index contributed by atoms with van der Waals surface area (Å²) in [5.41, 5.74) is 2.23. The van der Waals surface area contributed by atoms with Crippen molar-refractivity contribution >= 4 is 16.8 Å². The van der Waals surface area contributed by atoms with Crippen molar-refractivity contribution in [2.75, 3.05) is 0 Å². The van der Waals surface area contributed by atoms with Gasteiger partial charge in [0.25, 0.3) is 5.56 Å². The number of benzene rings is 1. The summed E-state index contributed by atoms with van der Waals surface area (Å²) in [6, 6.07) is 8.97. The van der Waals surface area contributed by atoms with E-state index in [1.54, 1.807) is 19.1 Å². The standard InChI is InChI=1S/C24H20N2O5/c1-12-7-8-17-15(4)22(31-21(17)13(12)2)20(27)19-14(3)18(10-25)23(28)26(24(19)29)11-16-6-5-9-30-16/h5-9,29H,11H2,1-4H3. The zero-order valence-electron chi connectivity index (χ0n) is 17.6. The molecule has 0 atom stereocenters. The highest BCUT2D eigenvalue weighted by molar-refractivity contribution is 6.13. The predicted molar refractivity (Wildman–Crippen MR) is 113 cm³/mol. The normalized spacial score (nSPS) is 11.1. The second kappa shape index (κ2) is 7.33. The first-order chi connectivity index (χ1) is 14.8. The minimum absolute atomic E-state index is 0.0641. The zero-order chi connectivity index (χ0) is 22.4. The Morgan fingerprint density at radius 1 is 1.13 bits per heavy atom. The lowest BCUT2D eigenvalue weighted by Crippen LogP contribution is -2.27. The van der Waals surface area contributed by atoms with Crippen molar-refractivity contribution in [1.29, 1.82) is 5.26 Å². The fourth-order valence-electron chi connectivity index (χ4n) is 3.78. The molecule has 4 aromatic rings. The number of rotatable bonds is 4. The maximum absolute atomic E-state index is 13.5. The molecule has 31 heavy (non-hydrogen) atoms. The van der Waals surface area contributed by atoms with E-state index in [0.717, 1.165) is 21.1 Å². The third kappa shape index (κ3) is 3.04. The van der Waals surface area contributed by atoms with Crippen LogP contribution in [0.2, 0.25) is 0 Å². The molecule has 1 aromatic carbocycles. The molecule has 0 saturated carbocycles. The van der Waals surface area contributed by atoms with Gasteiger partial charge in [-0.05, 0) is 56.5 Å². The molecule has 156 valence electrons. The number of aryl methyl sites for hydroxylation is 3. The number of furan rings is 2. The first-order valence-electron chi connectivity index (χ1n) is 9.69. The van der Waals surface area contributed by atoms with E-state index in [1.165, 1.54) is 13.2 Å². The molecule has 1 N–H and O–H groups in total. The van der Waals surface area contributed by atoms with Crippen molar-refractivity contribution < 1.29 is 18.7 Å². The van der Waals surface area contributed by atoms with Crippen molar-refractivity contribution in [3.8, 4) is 11.9 Å². The van der Waals surface area contributed by atoms with Crippen LogP contribution in [0.1, 0.15) is 49.7 Å². The molecule has 4 rings (SSSR count). The SMILES string of the molecule is Cc1ccc2c(C)c(C(=O)c3c(C)c(C#N)c(=O)n(Cc4ccco4)c3O)oc2c1C. The molecule has 0 spiro atoms. The van der Waals surface area contributed by atoms with Gasteiger partial charge in [-0.1, -0.05) is 12.1 Å². The number of nitrogens with zero attached hydrogens (tertiary/aromatic N) is 2. The topological polar surface area (TPSA) is 109 Å². The van der Waals surface area contributed by atoms with E-state index in [0.29, 0.717) is 16.9 Å². The van der Waals surface area contributed by atoms with Gasteiger partial charge < -0.3 is 13.9 Å². The van der Waals surface area contributed by atoms with Crippen LogP contribution in [0.5, 0.6) is 5.88 Å². The third-order valence-corrected chi connectivity index (χ3v) is 5.75. The van der Waals surface area contributed by atoms with E-state index in [2.05, 4.69) is 0 Å². The van der Waals surface area contributed by atoms with Crippen LogP contribution in [-0.4, -0.2) is 15.5 Å². The lowest BCUT2D eigenvalue weighted by Gasteiger charge is -2.14. The molecular formula is C24H20N2O5. The van der Waals surface area contributed by atoms with Crippen molar-refractivity contribution in [1.82, 2.24) is 4.57 Å². The number of fused-ring (bicyclic) bond motifs is 1. The summed E-state index contributed by atoms with van der Waals surface area (Å²) in [6.07, 6.45) is 1.44. The summed E-state index contributed by atoms with van der Waals surface area (Å²) in [4.78, 5) is 26.3. The Bertz CT molecular complexity index is 1450. The highest BCUT2D eigenvalue weighted by atomic mass is 16.3. The van der Waals surface area contributed by atoms with E-state index < -0.39 is 17.2 Å². The van der Waals surface area contributed by atoms with Gasteiger partial charge in [0.05, 0.1) is 18.4 Å². The molecule has 0 radical (unpaired) electrons. The fraction of sp³-hybridized carbons (Fsp3) is 0.208. The largest absolute Gasteiger partial charge is 0.494 e. The maximum Gasteiger partial charge on any atom is 0.271 e. The lowest BCUT2D eigenvalue weighted by molar-refractivity contribution is 0.100. The van der Waals surface area contributed by atoms with Crippen LogP contribution in [0.3, 0.4) is 0 Å². The van der Waals surface area contributed by atoms with Crippen LogP contribution >= 0.6 is 0 Å². The van der Waals surface area contributed by atoms with Gasteiger partial charge in [-0.15, -0.1) is 0 Å². The van der Waals surface area contributed by atoms with E-state index in [1.807, 2.05) is 32.0 Å². The Hall–Kier alpha value is -4.05. The quantitative estimate of drug-likeness (QED) is 0.497. The Morgan fingerprint density at radius 3 is 2.52 bits per heavy atom. The minimum atomic E-state index is -0.696. The average molecular weight is 416 g/mol. The Kier molecular flexibility index (Phi) is 4.78. The Morgan fingerprint density at radius 2 is 1.87 bits per heavy atom. The van der Waals surface area contributed by atoms with E-state index in [-0.39, 0.29) is 29.0 Å². The number of ketones is 1. The monoisotopic (exact) mass is 416 g/mol. The zero-order valence-corrected chi connectivity index (χ0v) is 17.6. The molecule has 3 aromatic heterocycles. The molecule has 7 heteroatoms. The maximum atomic E-state index is 13.5. The number of hydrogen-bond donors (Lipinski definition) is 1. The van der Waals surface area contributed by atoms with Gasteiger partial charge in [0.1, 0.15) is 23.0 Å². The Balaban J connectivity index is 1.96. The minimum Gasteiger partial charge on any atom is -0.494 e. The fourth-order valence-corrected chi connectivity index (χ4v) is 3.78. The molecule has 0 aliphatic carbocycles. The number of nitriles is 1. The number of carbonyl (C=O) groups is 1. The van der Waals surface area contributed by atoms with E-state index >= 15 is 0 Å². The number of pyridine rings is 1. The van der Waals surface area contributed by atoms with Crippen LogP contribution in [0.15, 0.2) is 44.2 Å². The van der Waals surface area contributed by atoms with Crippen LogP contribution in [-0.2, 0) is 6.54 Å². The summed E-state index contributed by atoms with van der Waals surface area (Å²) in [7, 11) is 0. The molecular weight excluding hydrogens is 396 g/mol. The molecule has 0 saturated heterocycles. The van der Waals surface area contributed by atoms with E-state index in [9.17, 15) is 20.0 Å². The van der Waals surface area contributed by atoms with Crippen molar-refractivity contribution in [3.05, 3.63) is 85.8 Å². The van der Waals surface area contributed by atoms with Gasteiger partial charge in [-0.2, -0.15) is 5.26 Å². The van der Waals surface area contributed by atoms with Crippen molar-refractivity contribution in [2.45, 2.75) is 34.2 Å². The van der Waals surface area contributed by atoms with Gasteiger partial charge in [0, 0.05) is 10.9 Å². The van der Waals surface area contributed by atoms with Gasteiger partial charge in [0.2, 0.25) is 11.7 Å². The van der Waals surface area contributed by atoms with Crippen molar-refractivity contribution in [3.63, 3.8) is 0 Å². The number of aromatic nitrogens is 1. The second-order valence-corrected chi connectivity index (χ2v) is 7.55. The third-order valence-electron chi connectivity index (χ3n) is 5.75. The molecule has 0 unspecified atom stereocenters. The predicted octanol–water partition coefficient (Wildman–Crippen LogP) is 4.28. The summed E-state index contributed by atoms with van der Waals surface area (Å²) in [5.74, 6) is -0.662. The first-order valence-corrected chi connectivity index (χ1v) is 9.69. The molecule has 7 nitrogen and oxygen atoms in total. The summed E-state index contributed by atoms with van der Waals surface area (Å²) < 4.78 is 12.2. The molecule has 0 bridgehead atoms. The lowest BCUT2D eigenvalue weighted by atomic mass is 9.98. The molecule has 0 amide bonds. The molecule has 0 aliphatic rings. The smallest absolute Gasteiger partial charge is 0.271 e. The average Bonchev–Trinajstić information content (AvgIpc) is 3.36. The number of hydrogen-bond acceptors (Lipinski definition) is 6. The van der Waals surface area contributed by atoms with Crippen LogP contribution < -0.4 is 5.56 Å². The summed E-state index contributed by atoms with van der Waals surface area (Å²) in [5, 5.41) is 21.3. The summed E-state index contributed by atoms with van der Waals surface area (Å²) >= 11 is 0. The van der Waals surface area contributed by atoms with Crippen molar-refractivity contribution in [2.24, 2.45) is 0 Å². The Labute approximate surface area is 177 Å². The number of carbonyl (C=O) groups excluding carboxylic acids is 1. The van der Waals surface area contributed by atoms with Crippen LogP contribution in [0.4, 0.5) is 0 Å². The molecule has 3 heterocycles. The van der Waals surface area contributed by atoms with Gasteiger partial charge >= 0.3 is 0 Å². The summed E-state index contributed by atoms with van der Waals surface area (Å²) in [6.45, 7) is 6.98. The number of aromatic hydroxyl groups is 1. The second-order valence-electron chi connectivity index (χ2n) is 7.55. The molecule has 0 fully saturated rings. The van der Waals surface area contributed by atoms with Gasteiger partial charge in [-0.3, -0.25) is 14.2 Å². The van der Waals surface area contributed by atoms with Crippen LogP contribution in [0.25, 0.3) is 11.0 Å². The first kappa shape index (κ1) is 20.2. The van der Waals surface area contributed by atoms with Gasteiger partial charge in [-0.25, -0.2) is 0 Å².